The van der Waals surface area contributed by atoms with Gasteiger partial charge in [-0.15, -0.1) is 0 Å². The molecular weight excluding hydrogens is 268 g/mol. The highest BCUT2D eigenvalue weighted by Gasteiger charge is 2.58. The zero-order chi connectivity index (χ0) is 15.1. The quantitative estimate of drug-likeness (QED) is 0.573. The molecule has 2 saturated carbocycles. The van der Waals surface area contributed by atoms with E-state index in [0.717, 1.165) is 29.4 Å². The Morgan fingerprint density at radius 3 is 2.82 bits per heavy atom. The van der Waals surface area contributed by atoms with Crippen LogP contribution in [0.2, 0.25) is 0 Å². The van der Waals surface area contributed by atoms with Crippen molar-refractivity contribution in [2.24, 2.45) is 34.5 Å². The monoisotopic (exact) mass is 296 g/mol. The number of allylic oxidation sites excluding steroid dienone is 4. The van der Waals surface area contributed by atoms with E-state index in [-0.39, 0.29) is 5.41 Å². The molecule has 0 radical (unpaired) electrons. The zero-order valence-electron chi connectivity index (χ0n) is 14.2. The van der Waals surface area contributed by atoms with Crippen LogP contribution in [0.1, 0.15) is 59.3 Å². The fourth-order valence-corrected chi connectivity index (χ4v) is 6.95. The smallest absolute Gasteiger partial charge is 0.170 e. The van der Waals surface area contributed by atoms with Crippen LogP contribution in [0.15, 0.2) is 35.3 Å². The highest BCUT2D eigenvalue weighted by atomic mass is 16.6. The number of rotatable bonds is 1. The lowest BCUT2D eigenvalue weighted by molar-refractivity contribution is -0.0210. The summed E-state index contributed by atoms with van der Waals surface area (Å²) in [4.78, 5) is 0. The molecule has 1 aliphatic heterocycles. The molecule has 0 spiro atoms. The second-order valence-corrected chi connectivity index (χ2v) is 8.90. The van der Waals surface area contributed by atoms with E-state index in [1.54, 1.807) is 5.57 Å². The standard InChI is InChI=1S/C21H28O/c1-4-13-6-8-16-15-7-5-14-11-18-19(22-18)12-21(14,3)17(15)9-10-20(13,16)2/h5,11-13,15-17H,4,6-10H2,1-3H3/t13-,15-,16-,17-,20+,21-/m0/s1. The van der Waals surface area contributed by atoms with Crippen molar-refractivity contribution in [3.63, 3.8) is 0 Å². The number of epoxide rings is 1. The van der Waals surface area contributed by atoms with Crippen LogP contribution in [0.5, 0.6) is 0 Å². The van der Waals surface area contributed by atoms with E-state index >= 15 is 0 Å². The predicted molar refractivity (Wildman–Crippen MR) is 88.9 cm³/mol. The number of hydrogen-bond acceptors (Lipinski definition) is 1. The molecule has 1 heteroatoms. The van der Waals surface area contributed by atoms with Gasteiger partial charge < -0.3 is 4.74 Å². The average molecular weight is 296 g/mol. The number of ether oxygens (including phenoxy) is 1. The summed E-state index contributed by atoms with van der Waals surface area (Å²) in [6, 6.07) is 0. The van der Waals surface area contributed by atoms with Gasteiger partial charge in [0.15, 0.2) is 11.5 Å². The first-order valence-corrected chi connectivity index (χ1v) is 9.39. The summed E-state index contributed by atoms with van der Waals surface area (Å²) in [6.07, 6.45) is 15.8. The molecule has 0 aromatic carbocycles. The van der Waals surface area contributed by atoms with Crippen molar-refractivity contribution >= 4 is 0 Å². The molecule has 118 valence electrons. The number of fused-ring (bicyclic) bond motifs is 6. The highest BCUT2D eigenvalue weighted by molar-refractivity contribution is 5.52. The summed E-state index contributed by atoms with van der Waals surface area (Å²) in [6.45, 7) is 7.51. The third kappa shape index (κ3) is 1.51. The molecule has 1 nitrogen and oxygen atoms in total. The Hall–Kier alpha value is -0.980. The molecule has 5 rings (SSSR count). The fraction of sp³-hybridized carbons (Fsp3) is 0.714. The molecule has 22 heavy (non-hydrogen) atoms. The van der Waals surface area contributed by atoms with E-state index in [4.69, 9.17) is 4.74 Å². The molecule has 0 amide bonds. The second kappa shape index (κ2) is 4.10. The van der Waals surface area contributed by atoms with E-state index in [9.17, 15) is 0 Å². The minimum absolute atomic E-state index is 0.240. The van der Waals surface area contributed by atoms with Gasteiger partial charge in [0.25, 0.3) is 0 Å². The van der Waals surface area contributed by atoms with Gasteiger partial charge in [-0.1, -0.05) is 33.3 Å². The SMILES string of the molecule is CC[C@H]1CC[C@H]2[C@@H]3CC=C4C=C5OC5=C[C@]4(C)[C@H]3CC[C@]12C. The molecule has 0 bridgehead atoms. The Morgan fingerprint density at radius 1 is 1.14 bits per heavy atom. The first-order valence-electron chi connectivity index (χ1n) is 9.39. The van der Waals surface area contributed by atoms with Crippen molar-refractivity contribution in [2.75, 3.05) is 0 Å². The molecule has 3 fully saturated rings. The zero-order valence-corrected chi connectivity index (χ0v) is 14.2. The molecule has 1 saturated heterocycles. The van der Waals surface area contributed by atoms with Gasteiger partial charge in [0.05, 0.1) is 0 Å². The molecule has 5 aliphatic rings. The minimum Gasteiger partial charge on any atom is -0.450 e. The number of hydrogen-bond donors (Lipinski definition) is 0. The van der Waals surface area contributed by atoms with Crippen LogP contribution in [0.4, 0.5) is 0 Å². The summed E-state index contributed by atoms with van der Waals surface area (Å²) < 4.78 is 5.64. The predicted octanol–water partition coefficient (Wildman–Crippen LogP) is 5.60. The first-order chi connectivity index (χ1) is 10.6. The molecule has 0 N–H and O–H groups in total. The van der Waals surface area contributed by atoms with E-state index in [1.807, 2.05) is 0 Å². The fourth-order valence-electron chi connectivity index (χ4n) is 6.95. The van der Waals surface area contributed by atoms with E-state index in [2.05, 4.69) is 39.0 Å². The molecule has 0 aromatic rings. The van der Waals surface area contributed by atoms with Crippen molar-refractivity contribution in [1.29, 1.82) is 0 Å². The minimum atomic E-state index is 0.240. The van der Waals surface area contributed by atoms with Crippen molar-refractivity contribution in [1.82, 2.24) is 0 Å². The van der Waals surface area contributed by atoms with E-state index in [0.29, 0.717) is 5.41 Å². The van der Waals surface area contributed by atoms with Gasteiger partial charge in [-0.3, -0.25) is 0 Å². The van der Waals surface area contributed by atoms with E-state index < -0.39 is 0 Å². The Balaban J connectivity index is 1.54. The Labute approximate surface area is 134 Å². The van der Waals surface area contributed by atoms with Gasteiger partial charge in [0.2, 0.25) is 0 Å². The summed E-state index contributed by atoms with van der Waals surface area (Å²) in [5.41, 5.74) is 2.40. The summed E-state index contributed by atoms with van der Waals surface area (Å²) in [7, 11) is 0. The van der Waals surface area contributed by atoms with Gasteiger partial charge >= 0.3 is 0 Å². The maximum Gasteiger partial charge on any atom is 0.170 e. The van der Waals surface area contributed by atoms with Crippen LogP contribution in [0, 0.1) is 34.5 Å². The summed E-state index contributed by atoms with van der Waals surface area (Å²) in [5.74, 6) is 5.96. The van der Waals surface area contributed by atoms with Crippen molar-refractivity contribution < 1.29 is 4.74 Å². The maximum absolute atomic E-state index is 5.64. The normalized spacial score (nSPS) is 51.3. The molecule has 0 unspecified atom stereocenters. The van der Waals surface area contributed by atoms with Crippen LogP contribution in [-0.2, 0) is 4.74 Å². The van der Waals surface area contributed by atoms with Crippen LogP contribution in [0.25, 0.3) is 0 Å². The van der Waals surface area contributed by atoms with Crippen molar-refractivity contribution in [3.05, 3.63) is 35.3 Å². The average Bonchev–Trinajstić information content (AvgIpc) is 3.14. The lowest BCUT2D eigenvalue weighted by atomic mass is 9.49. The molecule has 0 aromatic heterocycles. The molecule has 4 aliphatic carbocycles. The third-order valence-electron chi connectivity index (χ3n) is 8.27. The van der Waals surface area contributed by atoms with Crippen LogP contribution in [-0.4, -0.2) is 0 Å². The largest absolute Gasteiger partial charge is 0.450 e. The topological polar surface area (TPSA) is 12.5 Å². The lowest BCUT2D eigenvalue weighted by Crippen LogP contribution is -2.48. The Bertz CT molecular complexity index is 624. The third-order valence-corrected chi connectivity index (χ3v) is 8.27. The first kappa shape index (κ1) is 13.5. The lowest BCUT2D eigenvalue weighted by Gasteiger charge is -2.55. The second-order valence-electron chi connectivity index (χ2n) is 8.90. The summed E-state index contributed by atoms with van der Waals surface area (Å²) >= 11 is 0. The van der Waals surface area contributed by atoms with Gasteiger partial charge in [-0.25, -0.2) is 0 Å². The van der Waals surface area contributed by atoms with Crippen LogP contribution < -0.4 is 0 Å². The van der Waals surface area contributed by atoms with Crippen molar-refractivity contribution in [3.8, 4) is 0 Å². The Kier molecular flexibility index (Phi) is 2.51. The van der Waals surface area contributed by atoms with Crippen LogP contribution in [0.3, 0.4) is 0 Å². The van der Waals surface area contributed by atoms with Crippen LogP contribution >= 0.6 is 0 Å². The van der Waals surface area contributed by atoms with Gasteiger partial charge in [-0.2, -0.15) is 0 Å². The van der Waals surface area contributed by atoms with Gasteiger partial charge in [0, 0.05) is 5.41 Å². The van der Waals surface area contributed by atoms with E-state index in [1.165, 1.54) is 44.3 Å². The molecular formula is C21H28O. The Morgan fingerprint density at radius 2 is 2.00 bits per heavy atom. The maximum atomic E-state index is 5.64. The highest BCUT2D eigenvalue weighted by Crippen LogP contribution is 2.66. The summed E-state index contributed by atoms with van der Waals surface area (Å²) in [5, 5.41) is 0. The molecule has 1 heterocycles. The molecule has 6 atom stereocenters. The van der Waals surface area contributed by atoms with Gasteiger partial charge in [0.1, 0.15) is 0 Å². The van der Waals surface area contributed by atoms with Gasteiger partial charge in [-0.05, 0) is 78.9 Å². The van der Waals surface area contributed by atoms with Crippen molar-refractivity contribution in [2.45, 2.75) is 59.3 Å².